The van der Waals surface area contributed by atoms with Crippen molar-refractivity contribution < 1.29 is 0 Å². The highest BCUT2D eigenvalue weighted by Gasteiger charge is 2.28. The second-order valence-electron chi connectivity index (χ2n) is 24.5. The summed E-state index contributed by atoms with van der Waals surface area (Å²) in [7, 11) is 0. The Morgan fingerprint density at radius 2 is 0.562 bits per heavy atom. The molecule has 0 amide bonds. The van der Waals surface area contributed by atoms with Crippen molar-refractivity contribution >= 4 is 88.2 Å². The highest BCUT2D eigenvalue weighted by atomic mass is 15.2. The molecule has 0 saturated heterocycles. The monoisotopic (exact) mass is 1220 g/mol. The predicted octanol–water partition coefficient (Wildman–Crippen LogP) is 24.2. The summed E-state index contributed by atoms with van der Waals surface area (Å²) < 4.78 is 4.93. The van der Waals surface area contributed by atoms with Crippen LogP contribution < -0.4 is 9.80 Å². The molecular weight excluding hydrogens is 1170 g/mol. The van der Waals surface area contributed by atoms with Crippen molar-refractivity contribution in [1.82, 2.24) is 19.1 Å². The van der Waals surface area contributed by atoms with E-state index in [-0.39, 0.29) is 0 Å². The van der Waals surface area contributed by atoms with Crippen LogP contribution in [0.5, 0.6) is 0 Å². The van der Waals surface area contributed by atoms with Crippen LogP contribution in [-0.4, -0.2) is 19.1 Å². The van der Waals surface area contributed by atoms with Gasteiger partial charge in [-0.25, -0.2) is 0 Å². The smallest absolute Gasteiger partial charge is 0.0619 e. The van der Waals surface area contributed by atoms with E-state index in [2.05, 4.69) is 356 Å². The summed E-state index contributed by atoms with van der Waals surface area (Å²) in [6.45, 7) is 0. The molecule has 96 heavy (non-hydrogen) atoms. The van der Waals surface area contributed by atoms with Crippen molar-refractivity contribution in [2.75, 3.05) is 9.80 Å². The first-order chi connectivity index (χ1) is 47.7. The largest absolute Gasteiger partial charge is 0.310 e. The van der Waals surface area contributed by atoms with Crippen molar-refractivity contribution in [3.8, 4) is 78.4 Å². The number of hydrogen-bond donors (Lipinski definition) is 0. The fourth-order valence-electron chi connectivity index (χ4n) is 14.7. The third-order valence-corrected chi connectivity index (χ3v) is 19.0. The van der Waals surface area contributed by atoms with Crippen LogP contribution in [0.15, 0.2) is 365 Å². The van der Waals surface area contributed by atoms with Crippen LogP contribution in [-0.2, 0) is 0 Å². The van der Waals surface area contributed by atoms with E-state index in [1.54, 1.807) is 0 Å². The highest BCUT2D eigenvalue weighted by Crippen LogP contribution is 2.52. The van der Waals surface area contributed by atoms with E-state index in [1.807, 2.05) is 36.9 Å². The first kappa shape index (κ1) is 55.9. The molecule has 18 aromatic rings. The molecule has 0 N–H and O–H groups in total. The van der Waals surface area contributed by atoms with Crippen LogP contribution in [0.25, 0.3) is 133 Å². The number of benzene rings is 14. The Balaban J connectivity index is 0.873. The van der Waals surface area contributed by atoms with Crippen LogP contribution in [0.4, 0.5) is 34.1 Å². The minimum absolute atomic E-state index is 1.03. The Morgan fingerprint density at radius 1 is 0.240 bits per heavy atom. The quantitative estimate of drug-likeness (QED) is 0.102. The van der Waals surface area contributed by atoms with E-state index in [4.69, 9.17) is 0 Å². The molecule has 0 bridgehead atoms. The lowest BCUT2D eigenvalue weighted by Gasteiger charge is -2.30. The Kier molecular flexibility index (Phi) is 13.8. The van der Waals surface area contributed by atoms with Crippen LogP contribution >= 0.6 is 0 Å². The zero-order chi connectivity index (χ0) is 63.5. The molecule has 14 aromatic carbocycles. The lowest BCUT2D eigenvalue weighted by atomic mass is 9.91. The molecule has 0 atom stereocenters. The standard InChI is InChI=1S/C90H60N6/c1-7-21-63(22-8-1)87-79-51-47-75(57-83(79)95(71-31-15-5-16-32-71)89(87)67-25-11-3-12-26-67)93(73-43-35-61(36-44-73)69-29-19-55-91-59-69)81-53-41-65-40-50-78-82(54-42-66-39-49-77(81)85(65)86(66)78)94(74-45-37-62(38-46-74)70-30-20-56-92-60-70)76-48-52-80-84(58-76)96(72-33-17-6-18-34-72)90(68-27-13-4-14-28-68)88(80)64-23-9-2-10-24-64/h1-60H. The lowest BCUT2D eigenvalue weighted by molar-refractivity contribution is 1.13. The fraction of sp³-hybridized carbons (Fsp3) is 0. The zero-order valence-corrected chi connectivity index (χ0v) is 52.3. The Bertz CT molecular complexity index is 5460. The van der Waals surface area contributed by atoms with Gasteiger partial charge in [0.05, 0.1) is 33.8 Å². The summed E-state index contributed by atoms with van der Waals surface area (Å²) in [5, 5.41) is 9.36. The molecular formula is C90H60N6. The topological polar surface area (TPSA) is 42.1 Å². The third-order valence-electron chi connectivity index (χ3n) is 19.0. The molecule has 0 saturated carbocycles. The van der Waals surface area contributed by atoms with Gasteiger partial charge in [-0.15, -0.1) is 0 Å². The van der Waals surface area contributed by atoms with Crippen LogP contribution in [0, 0.1) is 0 Å². The van der Waals surface area contributed by atoms with Crippen LogP contribution in [0.1, 0.15) is 0 Å². The predicted molar refractivity (Wildman–Crippen MR) is 401 cm³/mol. The molecule has 0 spiro atoms. The van der Waals surface area contributed by atoms with Gasteiger partial charge in [-0.3, -0.25) is 9.97 Å². The number of pyridine rings is 2. The number of rotatable bonds is 14. The van der Waals surface area contributed by atoms with E-state index in [9.17, 15) is 0 Å². The Hall–Kier alpha value is -12.9. The molecule has 450 valence electrons. The molecule has 18 rings (SSSR count). The maximum absolute atomic E-state index is 4.50. The van der Waals surface area contributed by atoms with Gasteiger partial charge >= 0.3 is 0 Å². The van der Waals surface area contributed by atoms with Gasteiger partial charge in [0.2, 0.25) is 0 Å². The van der Waals surface area contributed by atoms with Gasteiger partial charge in [0.25, 0.3) is 0 Å². The fourth-order valence-corrected chi connectivity index (χ4v) is 14.7. The second kappa shape index (κ2) is 23.7. The maximum Gasteiger partial charge on any atom is 0.0619 e. The first-order valence-electron chi connectivity index (χ1n) is 32.7. The van der Waals surface area contributed by atoms with Crippen molar-refractivity contribution in [2.45, 2.75) is 0 Å². The molecule has 0 aliphatic heterocycles. The third kappa shape index (κ3) is 9.58. The summed E-state index contributed by atoms with van der Waals surface area (Å²) in [4.78, 5) is 13.9. The van der Waals surface area contributed by atoms with Crippen LogP contribution in [0.2, 0.25) is 0 Å². The van der Waals surface area contributed by atoms with Gasteiger partial charge in [0.1, 0.15) is 0 Å². The zero-order valence-electron chi connectivity index (χ0n) is 52.3. The molecule has 4 aromatic heterocycles. The Labute approximate surface area is 556 Å². The van der Waals surface area contributed by atoms with Gasteiger partial charge in [-0.05, 0) is 163 Å². The molecule has 6 heteroatoms. The van der Waals surface area contributed by atoms with Crippen LogP contribution in [0.3, 0.4) is 0 Å². The number of para-hydroxylation sites is 2. The summed E-state index contributed by atoms with van der Waals surface area (Å²) >= 11 is 0. The first-order valence-corrected chi connectivity index (χ1v) is 32.7. The minimum atomic E-state index is 1.03. The summed E-state index contributed by atoms with van der Waals surface area (Å²) in [6.07, 6.45) is 7.53. The van der Waals surface area contributed by atoms with Crippen molar-refractivity contribution in [3.63, 3.8) is 0 Å². The van der Waals surface area contributed by atoms with Gasteiger partial charge in [-0.1, -0.05) is 243 Å². The van der Waals surface area contributed by atoms with Crippen molar-refractivity contribution in [2.24, 2.45) is 0 Å². The van der Waals surface area contributed by atoms with E-state index in [0.717, 1.165) is 123 Å². The summed E-state index contributed by atoms with van der Waals surface area (Å²) in [6, 6.07) is 124. The Morgan fingerprint density at radius 3 is 0.927 bits per heavy atom. The van der Waals surface area contributed by atoms with E-state index in [0.29, 0.717) is 0 Å². The number of nitrogens with zero attached hydrogens (tertiary/aromatic N) is 6. The van der Waals surface area contributed by atoms with E-state index in [1.165, 1.54) is 43.4 Å². The van der Waals surface area contributed by atoms with E-state index >= 15 is 0 Å². The van der Waals surface area contributed by atoms with Gasteiger partial charge in [-0.2, -0.15) is 0 Å². The maximum atomic E-state index is 4.50. The summed E-state index contributed by atoms with van der Waals surface area (Å²) in [5.74, 6) is 0. The number of aromatic nitrogens is 4. The SMILES string of the molecule is c1ccc(-c2c(-c3ccccc3)n(-c3ccccc3)c3cc(N(c4ccc(-c5cccnc5)cc4)c4ccc5ccc6c(N(c7ccc(-c8cccnc8)cc7)c7ccc8c(-c9ccccc9)c(-c9ccccc9)n(-c9ccccc9)c8c7)ccc7ccc4c5c76)ccc23)cc1. The number of hydrogen-bond acceptors (Lipinski definition) is 4. The van der Waals surface area contributed by atoms with Gasteiger partial charge in [0.15, 0.2) is 0 Å². The molecule has 0 radical (unpaired) electrons. The van der Waals surface area contributed by atoms with Gasteiger partial charge in [0, 0.05) is 91.6 Å². The molecule has 0 aliphatic carbocycles. The van der Waals surface area contributed by atoms with E-state index < -0.39 is 0 Å². The molecule has 0 unspecified atom stereocenters. The summed E-state index contributed by atoms with van der Waals surface area (Å²) in [5.41, 5.74) is 24.2. The molecule has 0 aliphatic rings. The molecule has 0 fully saturated rings. The van der Waals surface area contributed by atoms with Crippen molar-refractivity contribution in [3.05, 3.63) is 365 Å². The average Bonchev–Trinajstić information content (AvgIpc) is 1.44. The minimum Gasteiger partial charge on any atom is -0.310 e. The second-order valence-corrected chi connectivity index (χ2v) is 24.5. The normalized spacial score (nSPS) is 11.5. The molecule has 4 heterocycles. The average molecular weight is 1230 g/mol. The highest BCUT2D eigenvalue weighted by molar-refractivity contribution is 6.28. The van der Waals surface area contributed by atoms with Crippen molar-refractivity contribution in [1.29, 1.82) is 0 Å². The lowest BCUT2D eigenvalue weighted by Crippen LogP contribution is -2.12. The number of anilines is 6. The number of fused-ring (bicyclic) bond motifs is 2. The van der Waals surface area contributed by atoms with Gasteiger partial charge < -0.3 is 18.9 Å². The molecule has 6 nitrogen and oxygen atoms in total.